The molecule has 2 N–H and O–H groups in total. The molecule has 3 nitrogen and oxygen atoms in total. The summed E-state index contributed by atoms with van der Waals surface area (Å²) in [6.07, 6.45) is 1.39. The van der Waals surface area contributed by atoms with Gasteiger partial charge < -0.3 is 10.6 Å². The van der Waals surface area contributed by atoms with Crippen LogP contribution >= 0.6 is 23.8 Å². The third kappa shape index (κ3) is 2.83. The number of benzene rings is 1. The fraction of sp³-hybridized carbons (Fsp3) is 0.0769. The monoisotopic (exact) mass is 295 g/mol. The maximum atomic E-state index is 13.9. The van der Waals surface area contributed by atoms with Gasteiger partial charge in [-0.15, -0.1) is 0 Å². The number of nitrogens with zero attached hydrogens (tertiary/aromatic N) is 2. The molecule has 0 fully saturated rings. The second kappa shape index (κ2) is 5.50. The largest absolute Gasteiger partial charge is 0.389 e. The van der Waals surface area contributed by atoms with E-state index in [2.05, 4.69) is 4.98 Å². The molecule has 1 aromatic carbocycles. The third-order valence-electron chi connectivity index (χ3n) is 2.64. The van der Waals surface area contributed by atoms with Crippen LogP contribution in [-0.4, -0.2) is 17.0 Å². The molecule has 0 spiro atoms. The molecule has 0 aliphatic carbocycles. The van der Waals surface area contributed by atoms with E-state index in [1.807, 2.05) is 12.1 Å². The van der Waals surface area contributed by atoms with Gasteiger partial charge >= 0.3 is 0 Å². The van der Waals surface area contributed by atoms with E-state index in [9.17, 15) is 4.39 Å². The minimum absolute atomic E-state index is 0.160. The van der Waals surface area contributed by atoms with E-state index in [0.717, 1.165) is 0 Å². The van der Waals surface area contributed by atoms with Gasteiger partial charge in [0.2, 0.25) is 0 Å². The average Bonchev–Trinajstić information content (AvgIpc) is 2.38. The van der Waals surface area contributed by atoms with E-state index >= 15 is 0 Å². The number of nitrogens with two attached hydrogens (primary N) is 1. The second-order valence-corrected chi connectivity index (χ2v) is 4.78. The van der Waals surface area contributed by atoms with Gasteiger partial charge in [-0.05, 0) is 18.2 Å². The van der Waals surface area contributed by atoms with E-state index in [0.29, 0.717) is 11.3 Å². The van der Waals surface area contributed by atoms with Crippen molar-refractivity contribution in [3.05, 3.63) is 52.9 Å². The fourth-order valence-corrected chi connectivity index (χ4v) is 2.06. The Balaban J connectivity index is 2.50. The van der Waals surface area contributed by atoms with Crippen LogP contribution in [0.15, 0.2) is 36.5 Å². The van der Waals surface area contributed by atoms with E-state index in [1.165, 1.54) is 12.3 Å². The van der Waals surface area contributed by atoms with Crippen LogP contribution in [0.25, 0.3) is 0 Å². The molecule has 2 aromatic rings. The Morgan fingerprint density at radius 3 is 2.74 bits per heavy atom. The second-order valence-electron chi connectivity index (χ2n) is 3.90. The van der Waals surface area contributed by atoms with Crippen LogP contribution in [-0.2, 0) is 0 Å². The number of hydrogen-bond donors (Lipinski definition) is 1. The Morgan fingerprint density at radius 2 is 2.11 bits per heavy atom. The number of anilines is 2. The van der Waals surface area contributed by atoms with Gasteiger partial charge in [-0.1, -0.05) is 36.0 Å². The van der Waals surface area contributed by atoms with Crippen molar-refractivity contribution in [3.63, 3.8) is 0 Å². The molecule has 0 amide bonds. The average molecular weight is 296 g/mol. The summed E-state index contributed by atoms with van der Waals surface area (Å²) in [6, 6.07) is 8.43. The third-order valence-corrected chi connectivity index (χ3v) is 3.06. The quantitative estimate of drug-likeness (QED) is 0.883. The topological polar surface area (TPSA) is 42.1 Å². The molecule has 19 heavy (non-hydrogen) atoms. The highest BCUT2D eigenvalue weighted by molar-refractivity contribution is 7.80. The number of thiocarbonyl (C=S) groups is 1. The van der Waals surface area contributed by atoms with Gasteiger partial charge in [-0.3, -0.25) is 0 Å². The van der Waals surface area contributed by atoms with Crippen molar-refractivity contribution in [1.82, 2.24) is 4.98 Å². The van der Waals surface area contributed by atoms with Crippen molar-refractivity contribution in [3.8, 4) is 0 Å². The first kappa shape index (κ1) is 13.7. The molecule has 0 bridgehead atoms. The van der Waals surface area contributed by atoms with Gasteiger partial charge in [0.25, 0.3) is 0 Å². The SMILES string of the molecule is CN(c1ccccc1C(N)=S)c1ncc(Cl)cc1F. The maximum absolute atomic E-state index is 13.9. The van der Waals surface area contributed by atoms with Gasteiger partial charge in [-0.25, -0.2) is 9.37 Å². The number of hydrogen-bond acceptors (Lipinski definition) is 3. The van der Waals surface area contributed by atoms with Gasteiger partial charge in [0.15, 0.2) is 11.6 Å². The molecule has 0 aliphatic rings. The zero-order valence-electron chi connectivity index (χ0n) is 10.1. The van der Waals surface area contributed by atoms with Crippen LogP contribution in [0.1, 0.15) is 5.56 Å². The lowest BCUT2D eigenvalue weighted by atomic mass is 10.1. The van der Waals surface area contributed by atoms with Crippen LogP contribution in [0.2, 0.25) is 5.02 Å². The Bertz CT molecular complexity index is 633. The number of aromatic nitrogens is 1. The highest BCUT2D eigenvalue weighted by Gasteiger charge is 2.15. The van der Waals surface area contributed by atoms with Gasteiger partial charge in [0, 0.05) is 18.8 Å². The van der Waals surface area contributed by atoms with E-state index < -0.39 is 5.82 Å². The van der Waals surface area contributed by atoms with Crippen molar-refractivity contribution < 1.29 is 4.39 Å². The lowest BCUT2D eigenvalue weighted by Crippen LogP contribution is -2.19. The van der Waals surface area contributed by atoms with Crippen LogP contribution in [0.5, 0.6) is 0 Å². The predicted molar refractivity (Wildman–Crippen MR) is 79.6 cm³/mol. The molecule has 0 atom stereocenters. The van der Waals surface area contributed by atoms with E-state index in [4.69, 9.17) is 29.6 Å². The Morgan fingerprint density at radius 1 is 1.42 bits per heavy atom. The van der Waals surface area contributed by atoms with Crippen molar-refractivity contribution in [2.45, 2.75) is 0 Å². The molecule has 0 saturated carbocycles. The molecule has 0 saturated heterocycles. The first-order valence-electron chi connectivity index (χ1n) is 5.44. The van der Waals surface area contributed by atoms with Gasteiger partial charge in [-0.2, -0.15) is 0 Å². The van der Waals surface area contributed by atoms with E-state index in [1.54, 1.807) is 24.1 Å². The first-order chi connectivity index (χ1) is 9.00. The molecule has 98 valence electrons. The summed E-state index contributed by atoms with van der Waals surface area (Å²) in [5.41, 5.74) is 7.01. The summed E-state index contributed by atoms with van der Waals surface area (Å²) in [7, 11) is 1.69. The van der Waals surface area contributed by atoms with Crippen LogP contribution < -0.4 is 10.6 Å². The molecule has 2 rings (SSSR count). The summed E-state index contributed by atoms with van der Waals surface area (Å²) >= 11 is 10.7. The summed E-state index contributed by atoms with van der Waals surface area (Å²) in [5.74, 6) is -0.346. The molecule has 1 aromatic heterocycles. The summed E-state index contributed by atoms with van der Waals surface area (Å²) < 4.78 is 13.9. The van der Waals surface area contributed by atoms with Gasteiger partial charge in [0.1, 0.15) is 4.99 Å². The molecule has 0 aliphatic heterocycles. The minimum Gasteiger partial charge on any atom is -0.389 e. The molecule has 6 heteroatoms. The molecule has 0 radical (unpaired) electrons. The molecule has 1 heterocycles. The Labute approximate surface area is 120 Å². The molecular formula is C13H11ClFN3S. The van der Waals surface area contributed by atoms with Crippen molar-refractivity contribution in [1.29, 1.82) is 0 Å². The number of halogens is 2. The Hall–Kier alpha value is -1.72. The lowest BCUT2D eigenvalue weighted by Gasteiger charge is -2.21. The number of rotatable bonds is 3. The summed E-state index contributed by atoms with van der Waals surface area (Å²) in [5, 5.41) is 0.247. The Kier molecular flexibility index (Phi) is 3.97. The summed E-state index contributed by atoms with van der Waals surface area (Å²) in [6.45, 7) is 0. The van der Waals surface area contributed by atoms with Crippen LogP contribution in [0.3, 0.4) is 0 Å². The highest BCUT2D eigenvalue weighted by Crippen LogP contribution is 2.28. The molecular weight excluding hydrogens is 285 g/mol. The number of para-hydroxylation sites is 1. The van der Waals surface area contributed by atoms with Crippen molar-refractivity contribution in [2.24, 2.45) is 5.73 Å². The highest BCUT2D eigenvalue weighted by atomic mass is 35.5. The lowest BCUT2D eigenvalue weighted by molar-refractivity contribution is 0.621. The zero-order chi connectivity index (χ0) is 14.0. The maximum Gasteiger partial charge on any atom is 0.169 e. The first-order valence-corrected chi connectivity index (χ1v) is 6.23. The predicted octanol–water partition coefficient (Wildman–Crippen LogP) is 3.28. The number of pyridine rings is 1. The molecule has 0 unspecified atom stereocenters. The van der Waals surface area contributed by atoms with Crippen molar-refractivity contribution in [2.75, 3.05) is 11.9 Å². The van der Waals surface area contributed by atoms with Crippen LogP contribution in [0, 0.1) is 5.82 Å². The van der Waals surface area contributed by atoms with Crippen LogP contribution in [0.4, 0.5) is 15.9 Å². The zero-order valence-corrected chi connectivity index (χ0v) is 11.7. The standard InChI is InChI=1S/C13H11ClFN3S/c1-18(13-10(15)6-8(14)7-17-13)11-5-3-2-4-9(11)12(16)19/h2-7H,1H3,(H2,16,19). The fourth-order valence-electron chi connectivity index (χ4n) is 1.74. The van der Waals surface area contributed by atoms with Gasteiger partial charge in [0.05, 0.1) is 10.7 Å². The smallest absolute Gasteiger partial charge is 0.169 e. The van der Waals surface area contributed by atoms with Crippen molar-refractivity contribution >= 4 is 40.3 Å². The summed E-state index contributed by atoms with van der Waals surface area (Å²) in [4.78, 5) is 5.82. The normalized spacial score (nSPS) is 10.3. The minimum atomic E-state index is -0.507. The van der Waals surface area contributed by atoms with E-state index in [-0.39, 0.29) is 15.8 Å².